The first-order valence-corrected chi connectivity index (χ1v) is 4.81. The second kappa shape index (κ2) is 3.25. The molecule has 0 heteroatoms. The van der Waals surface area contributed by atoms with Crippen LogP contribution in [-0.4, -0.2) is 0 Å². The van der Waals surface area contributed by atoms with Gasteiger partial charge in [0.1, 0.15) is 0 Å². The molecular weight excluding hydrogens is 132 g/mol. The molecule has 0 heterocycles. The van der Waals surface area contributed by atoms with Crippen molar-refractivity contribution in [1.82, 2.24) is 0 Å². The van der Waals surface area contributed by atoms with Crippen LogP contribution >= 0.6 is 0 Å². The van der Waals surface area contributed by atoms with Crippen LogP contribution in [0.3, 0.4) is 0 Å². The van der Waals surface area contributed by atoms with E-state index < -0.39 is 0 Å². The zero-order valence-electron chi connectivity index (χ0n) is 7.05. The zero-order valence-corrected chi connectivity index (χ0v) is 7.05. The Balaban J connectivity index is 2.10. The van der Waals surface area contributed by atoms with Crippen molar-refractivity contribution in [2.75, 3.05) is 0 Å². The molecule has 0 nitrogen and oxygen atoms in total. The number of fused-ring (bicyclic) bond motifs is 1. The van der Waals surface area contributed by atoms with E-state index in [-0.39, 0.29) is 0 Å². The van der Waals surface area contributed by atoms with Gasteiger partial charge in [0, 0.05) is 0 Å². The highest BCUT2D eigenvalue weighted by Gasteiger charge is 2.19. The van der Waals surface area contributed by atoms with E-state index in [1.165, 1.54) is 38.5 Å². The van der Waals surface area contributed by atoms with Gasteiger partial charge in [-0.2, -0.15) is 0 Å². The van der Waals surface area contributed by atoms with Gasteiger partial charge in [0.05, 0.1) is 0 Å². The minimum atomic E-state index is 0.958. The summed E-state index contributed by atoms with van der Waals surface area (Å²) in [7, 11) is 0. The normalized spacial score (nSPS) is 35.3. The Bertz CT molecular complexity index is 186. The predicted molar refractivity (Wildman–Crippen MR) is 48.4 cm³/mol. The highest BCUT2D eigenvalue weighted by molar-refractivity contribution is 5.14. The number of allylic oxidation sites excluding steroid dienone is 4. The largest absolute Gasteiger partial charge is 0.0882 e. The molecule has 0 N–H and O–H groups in total. The van der Waals surface area contributed by atoms with Crippen molar-refractivity contribution in [3.8, 4) is 0 Å². The Morgan fingerprint density at radius 2 is 2.18 bits per heavy atom. The molecule has 0 radical (unpaired) electrons. The summed E-state index contributed by atoms with van der Waals surface area (Å²) in [6.07, 6.45) is 15.3. The zero-order chi connectivity index (χ0) is 7.52. The average Bonchev–Trinajstić information content (AvgIpc) is 2.35. The van der Waals surface area contributed by atoms with Crippen molar-refractivity contribution < 1.29 is 0 Å². The van der Waals surface area contributed by atoms with Crippen molar-refractivity contribution in [2.45, 2.75) is 38.5 Å². The molecule has 2 aliphatic carbocycles. The summed E-state index contributed by atoms with van der Waals surface area (Å²) >= 11 is 0. The van der Waals surface area contributed by atoms with Crippen LogP contribution in [0.2, 0.25) is 0 Å². The number of hydrogen-bond donors (Lipinski definition) is 0. The topological polar surface area (TPSA) is 0 Å². The fourth-order valence-electron chi connectivity index (χ4n) is 2.27. The summed E-state index contributed by atoms with van der Waals surface area (Å²) < 4.78 is 0. The second-order valence-electron chi connectivity index (χ2n) is 3.65. The van der Waals surface area contributed by atoms with Crippen molar-refractivity contribution in [2.24, 2.45) is 5.92 Å². The van der Waals surface area contributed by atoms with Crippen LogP contribution in [0, 0.1) is 5.92 Å². The predicted octanol–water partition coefficient (Wildman–Crippen LogP) is 3.45. The standard InChI is InChI=1S/C11H16/c1-2-4-7-11-9-5-8-10(11)6-3-1/h1-2,6,11H,3-5,7-9H2/b2-1?,10-6-. The van der Waals surface area contributed by atoms with E-state index in [1.54, 1.807) is 5.57 Å². The molecule has 2 aliphatic rings. The van der Waals surface area contributed by atoms with Crippen LogP contribution in [0.25, 0.3) is 0 Å². The van der Waals surface area contributed by atoms with E-state index in [0.29, 0.717) is 0 Å². The molecule has 0 amide bonds. The average molecular weight is 148 g/mol. The summed E-state index contributed by atoms with van der Waals surface area (Å²) in [6, 6.07) is 0. The van der Waals surface area contributed by atoms with Crippen molar-refractivity contribution in [3.63, 3.8) is 0 Å². The maximum Gasteiger partial charge on any atom is -0.0166 e. The van der Waals surface area contributed by atoms with Crippen LogP contribution in [-0.2, 0) is 0 Å². The van der Waals surface area contributed by atoms with Crippen LogP contribution in [0.15, 0.2) is 23.8 Å². The SMILES string of the molecule is C1=CCCC2CCC/C2=C/C1. The third-order valence-electron chi connectivity index (χ3n) is 2.91. The van der Waals surface area contributed by atoms with Crippen LogP contribution < -0.4 is 0 Å². The lowest BCUT2D eigenvalue weighted by Gasteiger charge is -2.11. The van der Waals surface area contributed by atoms with Gasteiger partial charge in [0.2, 0.25) is 0 Å². The van der Waals surface area contributed by atoms with E-state index in [2.05, 4.69) is 18.2 Å². The van der Waals surface area contributed by atoms with Gasteiger partial charge in [-0.05, 0) is 44.4 Å². The van der Waals surface area contributed by atoms with Gasteiger partial charge in [-0.25, -0.2) is 0 Å². The summed E-state index contributed by atoms with van der Waals surface area (Å²) in [4.78, 5) is 0. The Hall–Kier alpha value is -0.520. The molecule has 0 aromatic heterocycles. The monoisotopic (exact) mass is 148 g/mol. The van der Waals surface area contributed by atoms with Gasteiger partial charge in [-0.3, -0.25) is 0 Å². The molecule has 60 valence electrons. The van der Waals surface area contributed by atoms with E-state index >= 15 is 0 Å². The molecule has 0 saturated heterocycles. The molecule has 1 fully saturated rings. The lowest BCUT2D eigenvalue weighted by Crippen LogP contribution is -1.97. The summed E-state index contributed by atoms with van der Waals surface area (Å²) in [5, 5.41) is 0. The second-order valence-corrected chi connectivity index (χ2v) is 3.65. The molecular formula is C11H16. The molecule has 1 saturated carbocycles. The molecule has 11 heavy (non-hydrogen) atoms. The van der Waals surface area contributed by atoms with Crippen LogP contribution in [0.4, 0.5) is 0 Å². The van der Waals surface area contributed by atoms with E-state index in [4.69, 9.17) is 0 Å². The van der Waals surface area contributed by atoms with Crippen LogP contribution in [0.5, 0.6) is 0 Å². The van der Waals surface area contributed by atoms with Crippen molar-refractivity contribution >= 4 is 0 Å². The van der Waals surface area contributed by atoms with Gasteiger partial charge in [-0.1, -0.05) is 23.8 Å². The quantitative estimate of drug-likeness (QED) is 0.461. The fourth-order valence-corrected chi connectivity index (χ4v) is 2.27. The Morgan fingerprint density at radius 1 is 1.18 bits per heavy atom. The first kappa shape index (κ1) is 7.15. The third kappa shape index (κ3) is 1.55. The van der Waals surface area contributed by atoms with Crippen molar-refractivity contribution in [3.05, 3.63) is 23.8 Å². The first-order valence-electron chi connectivity index (χ1n) is 4.81. The Kier molecular flexibility index (Phi) is 2.11. The molecule has 0 spiro atoms. The molecule has 1 unspecified atom stereocenters. The minimum Gasteiger partial charge on any atom is -0.0882 e. The van der Waals surface area contributed by atoms with Gasteiger partial charge >= 0.3 is 0 Å². The molecule has 0 aromatic rings. The molecule has 0 aromatic carbocycles. The smallest absolute Gasteiger partial charge is 0.0166 e. The maximum atomic E-state index is 2.45. The van der Waals surface area contributed by atoms with Gasteiger partial charge in [0.15, 0.2) is 0 Å². The van der Waals surface area contributed by atoms with Gasteiger partial charge in [-0.15, -0.1) is 0 Å². The fraction of sp³-hybridized carbons (Fsp3) is 0.636. The summed E-state index contributed by atoms with van der Waals surface area (Å²) in [5.74, 6) is 0.958. The van der Waals surface area contributed by atoms with Crippen LogP contribution in [0.1, 0.15) is 38.5 Å². The number of rotatable bonds is 0. The lowest BCUT2D eigenvalue weighted by atomic mass is 9.94. The summed E-state index contributed by atoms with van der Waals surface area (Å²) in [6.45, 7) is 0. The highest BCUT2D eigenvalue weighted by Crippen LogP contribution is 2.35. The number of hydrogen-bond acceptors (Lipinski definition) is 0. The lowest BCUT2D eigenvalue weighted by molar-refractivity contribution is 0.575. The van der Waals surface area contributed by atoms with E-state index in [1.807, 2.05) is 0 Å². The third-order valence-corrected chi connectivity index (χ3v) is 2.91. The first-order chi connectivity index (χ1) is 5.47. The Labute approximate surface area is 69.0 Å². The highest BCUT2D eigenvalue weighted by atomic mass is 14.2. The van der Waals surface area contributed by atoms with Gasteiger partial charge < -0.3 is 0 Å². The maximum absolute atomic E-state index is 2.45. The van der Waals surface area contributed by atoms with E-state index in [9.17, 15) is 0 Å². The Morgan fingerprint density at radius 3 is 3.18 bits per heavy atom. The molecule has 1 atom stereocenters. The molecule has 0 aliphatic heterocycles. The summed E-state index contributed by atoms with van der Waals surface area (Å²) in [5.41, 5.74) is 1.76. The minimum absolute atomic E-state index is 0.958. The molecule has 0 bridgehead atoms. The van der Waals surface area contributed by atoms with Gasteiger partial charge in [0.25, 0.3) is 0 Å². The van der Waals surface area contributed by atoms with E-state index in [0.717, 1.165) is 5.92 Å². The molecule has 2 rings (SSSR count). The van der Waals surface area contributed by atoms with Crippen molar-refractivity contribution in [1.29, 1.82) is 0 Å².